The number of nitrogens with zero attached hydrogens (tertiary/aromatic N) is 1. The van der Waals surface area contributed by atoms with Gasteiger partial charge < -0.3 is 4.42 Å². The molecule has 1 aromatic carbocycles. The van der Waals surface area contributed by atoms with Crippen LogP contribution < -0.4 is 0 Å². The lowest BCUT2D eigenvalue weighted by molar-refractivity contribution is 0.400. The van der Waals surface area contributed by atoms with Crippen molar-refractivity contribution in [3.8, 4) is 0 Å². The molecule has 0 atom stereocenters. The molecule has 0 radical (unpaired) electrons. The smallest absolute Gasteiger partial charge is 0.256 e. The van der Waals surface area contributed by atoms with E-state index in [2.05, 4.69) is 25.8 Å². The number of thioether (sulfide) groups is 1. The van der Waals surface area contributed by atoms with Crippen LogP contribution in [0.1, 0.15) is 27.2 Å². The Morgan fingerprint density at radius 3 is 2.69 bits per heavy atom. The van der Waals surface area contributed by atoms with E-state index in [4.69, 9.17) is 4.42 Å². The minimum Gasteiger partial charge on any atom is -0.431 e. The molecule has 0 saturated heterocycles. The van der Waals surface area contributed by atoms with Crippen LogP contribution in [0.3, 0.4) is 0 Å². The van der Waals surface area contributed by atoms with Crippen molar-refractivity contribution in [1.82, 2.24) is 4.98 Å². The molecule has 0 spiro atoms. The van der Waals surface area contributed by atoms with Crippen molar-refractivity contribution in [1.29, 1.82) is 0 Å². The lowest BCUT2D eigenvalue weighted by Crippen LogP contribution is -2.05. The van der Waals surface area contributed by atoms with E-state index in [0.29, 0.717) is 5.41 Å². The molecule has 2 aromatic rings. The maximum atomic E-state index is 5.63. The molecule has 0 saturated carbocycles. The molecule has 0 aliphatic rings. The summed E-state index contributed by atoms with van der Waals surface area (Å²) in [5.74, 6) is 1.05. The molecule has 0 N–H and O–H groups in total. The van der Waals surface area contributed by atoms with Crippen LogP contribution in [0.2, 0.25) is 0 Å². The quantitative estimate of drug-likeness (QED) is 0.739. The highest BCUT2D eigenvalue weighted by molar-refractivity contribution is 7.99. The lowest BCUT2D eigenvalue weighted by Gasteiger charge is -2.16. The van der Waals surface area contributed by atoms with E-state index >= 15 is 0 Å². The van der Waals surface area contributed by atoms with Crippen molar-refractivity contribution < 1.29 is 4.42 Å². The van der Waals surface area contributed by atoms with E-state index in [1.807, 2.05) is 24.3 Å². The molecular weight excluding hydrogens is 218 g/mol. The summed E-state index contributed by atoms with van der Waals surface area (Å²) in [7, 11) is 0. The standard InChI is InChI=1S/C13H17NOS/c1-13(2,3)8-9-16-12-14-10-6-4-5-7-11(10)15-12/h4-7H,8-9H2,1-3H3. The Bertz CT molecular complexity index is 437. The third-order valence-electron chi connectivity index (χ3n) is 2.35. The summed E-state index contributed by atoms with van der Waals surface area (Å²) in [4.78, 5) is 4.43. The first-order chi connectivity index (χ1) is 7.54. The van der Waals surface area contributed by atoms with Crippen LogP contribution in [0.4, 0.5) is 0 Å². The van der Waals surface area contributed by atoms with E-state index < -0.39 is 0 Å². The van der Waals surface area contributed by atoms with Crippen LogP contribution >= 0.6 is 11.8 Å². The SMILES string of the molecule is CC(C)(C)CCSc1nc2ccccc2o1. The van der Waals surface area contributed by atoms with Gasteiger partial charge >= 0.3 is 0 Å². The van der Waals surface area contributed by atoms with E-state index in [0.717, 1.165) is 28.5 Å². The molecule has 0 aliphatic carbocycles. The van der Waals surface area contributed by atoms with E-state index in [9.17, 15) is 0 Å². The first kappa shape index (κ1) is 11.5. The van der Waals surface area contributed by atoms with E-state index in [1.165, 1.54) is 0 Å². The fourth-order valence-corrected chi connectivity index (χ4v) is 2.56. The zero-order valence-corrected chi connectivity index (χ0v) is 10.8. The number of benzene rings is 1. The zero-order chi connectivity index (χ0) is 11.6. The molecule has 0 unspecified atom stereocenters. The molecule has 2 nitrogen and oxygen atoms in total. The predicted octanol–water partition coefficient (Wildman–Crippen LogP) is 4.36. The summed E-state index contributed by atoms with van der Waals surface area (Å²) in [6.07, 6.45) is 1.16. The third kappa shape index (κ3) is 3.01. The molecule has 1 aromatic heterocycles. The number of fused-ring (bicyclic) bond motifs is 1. The average Bonchev–Trinajstić information content (AvgIpc) is 2.57. The summed E-state index contributed by atoms with van der Waals surface area (Å²) in [5, 5.41) is 0.783. The van der Waals surface area contributed by atoms with Gasteiger partial charge in [-0.15, -0.1) is 0 Å². The molecule has 0 aliphatic heterocycles. The van der Waals surface area contributed by atoms with Crippen LogP contribution in [-0.4, -0.2) is 10.7 Å². The number of oxazole rings is 1. The van der Waals surface area contributed by atoms with Crippen LogP contribution in [0.15, 0.2) is 33.9 Å². The van der Waals surface area contributed by atoms with E-state index in [-0.39, 0.29) is 0 Å². The predicted molar refractivity (Wildman–Crippen MR) is 68.8 cm³/mol. The summed E-state index contributed by atoms with van der Waals surface area (Å²) < 4.78 is 5.63. The van der Waals surface area contributed by atoms with Gasteiger partial charge in [-0.2, -0.15) is 0 Å². The molecule has 0 amide bonds. The van der Waals surface area contributed by atoms with Gasteiger partial charge in [-0.1, -0.05) is 44.7 Å². The molecule has 3 heteroatoms. The molecule has 16 heavy (non-hydrogen) atoms. The topological polar surface area (TPSA) is 26.0 Å². The van der Waals surface area contributed by atoms with Gasteiger partial charge in [0, 0.05) is 5.75 Å². The van der Waals surface area contributed by atoms with Crippen molar-refractivity contribution >= 4 is 22.9 Å². The summed E-state index contributed by atoms with van der Waals surface area (Å²) >= 11 is 1.70. The Hall–Kier alpha value is -0.960. The van der Waals surface area contributed by atoms with Crippen molar-refractivity contribution in [3.63, 3.8) is 0 Å². The first-order valence-corrected chi connectivity index (χ1v) is 6.51. The average molecular weight is 235 g/mol. The second kappa shape index (κ2) is 4.50. The van der Waals surface area contributed by atoms with Gasteiger partial charge in [0.2, 0.25) is 0 Å². The maximum absolute atomic E-state index is 5.63. The van der Waals surface area contributed by atoms with E-state index in [1.54, 1.807) is 11.8 Å². The Kier molecular flexibility index (Phi) is 3.24. The fourth-order valence-electron chi connectivity index (χ4n) is 1.36. The second-order valence-electron chi connectivity index (χ2n) is 5.11. The van der Waals surface area contributed by atoms with Gasteiger partial charge in [-0.25, -0.2) is 4.98 Å². The Labute approximate surface area is 100 Å². The van der Waals surface area contributed by atoms with Gasteiger partial charge in [0.05, 0.1) is 0 Å². The minimum atomic E-state index is 0.374. The third-order valence-corrected chi connectivity index (χ3v) is 3.18. The van der Waals surface area contributed by atoms with Crippen molar-refractivity contribution in [2.24, 2.45) is 5.41 Å². The van der Waals surface area contributed by atoms with Gasteiger partial charge in [0.15, 0.2) is 5.58 Å². The van der Waals surface area contributed by atoms with Crippen molar-refractivity contribution in [2.45, 2.75) is 32.4 Å². The Balaban J connectivity index is 2.00. The van der Waals surface area contributed by atoms with Crippen LogP contribution in [-0.2, 0) is 0 Å². The molecule has 0 bridgehead atoms. The molecule has 0 fully saturated rings. The monoisotopic (exact) mass is 235 g/mol. The summed E-state index contributed by atoms with van der Waals surface area (Å²) in [5.41, 5.74) is 2.19. The zero-order valence-electron chi connectivity index (χ0n) is 9.99. The first-order valence-electron chi connectivity index (χ1n) is 5.53. The van der Waals surface area contributed by atoms with Gasteiger partial charge in [-0.3, -0.25) is 0 Å². The molecule has 2 rings (SSSR count). The van der Waals surface area contributed by atoms with Gasteiger partial charge in [0.25, 0.3) is 5.22 Å². The highest BCUT2D eigenvalue weighted by Gasteiger charge is 2.11. The van der Waals surface area contributed by atoms with Crippen molar-refractivity contribution in [2.75, 3.05) is 5.75 Å². The van der Waals surface area contributed by atoms with Crippen LogP contribution in [0, 0.1) is 5.41 Å². The number of para-hydroxylation sites is 2. The Morgan fingerprint density at radius 1 is 1.25 bits per heavy atom. The van der Waals surface area contributed by atoms with Crippen LogP contribution in [0.5, 0.6) is 0 Å². The Morgan fingerprint density at radius 2 is 2.00 bits per heavy atom. The highest BCUT2D eigenvalue weighted by Crippen LogP contribution is 2.27. The minimum absolute atomic E-state index is 0.374. The van der Waals surface area contributed by atoms with Crippen molar-refractivity contribution in [3.05, 3.63) is 24.3 Å². The molecule has 86 valence electrons. The lowest BCUT2D eigenvalue weighted by atomic mass is 9.94. The highest BCUT2D eigenvalue weighted by atomic mass is 32.2. The largest absolute Gasteiger partial charge is 0.431 e. The number of aromatic nitrogens is 1. The second-order valence-corrected chi connectivity index (χ2v) is 6.15. The van der Waals surface area contributed by atoms with Gasteiger partial charge in [0.1, 0.15) is 5.52 Å². The summed E-state index contributed by atoms with van der Waals surface area (Å²) in [6.45, 7) is 6.75. The van der Waals surface area contributed by atoms with Gasteiger partial charge in [-0.05, 0) is 24.0 Å². The maximum Gasteiger partial charge on any atom is 0.256 e. The summed E-state index contributed by atoms with van der Waals surface area (Å²) in [6, 6.07) is 7.88. The number of hydrogen-bond acceptors (Lipinski definition) is 3. The number of rotatable bonds is 3. The molecule has 1 heterocycles. The normalized spacial score (nSPS) is 12.2. The van der Waals surface area contributed by atoms with Crippen LogP contribution in [0.25, 0.3) is 11.1 Å². The fraction of sp³-hybridized carbons (Fsp3) is 0.462. The molecular formula is C13H17NOS. The number of hydrogen-bond donors (Lipinski definition) is 0.